The molecule has 0 atom stereocenters. The van der Waals surface area contributed by atoms with Crippen LogP contribution in [-0.4, -0.2) is 23.9 Å². The van der Waals surface area contributed by atoms with Crippen molar-refractivity contribution in [3.05, 3.63) is 63.7 Å². The maximum absolute atomic E-state index is 12.1. The number of carbonyl (C=O) groups is 2. The van der Waals surface area contributed by atoms with Gasteiger partial charge in [-0.2, -0.15) is 0 Å². The number of nitrogen functional groups attached to an aromatic ring is 1. The fraction of sp³-hybridized carbons (Fsp3) is 0.0667. The molecule has 0 spiro atoms. The Bertz CT molecular complexity index is 771. The van der Waals surface area contributed by atoms with Crippen LogP contribution in [0.1, 0.15) is 20.7 Å². The van der Waals surface area contributed by atoms with Gasteiger partial charge in [0.25, 0.3) is 11.6 Å². The topological polar surface area (TPSA) is 125 Å². The predicted molar refractivity (Wildman–Crippen MR) is 83.2 cm³/mol. The Morgan fingerprint density at radius 3 is 2.30 bits per heavy atom. The fourth-order valence-corrected chi connectivity index (χ4v) is 1.85. The summed E-state index contributed by atoms with van der Waals surface area (Å²) in [7, 11) is 1.27. The molecule has 8 nitrogen and oxygen atoms in total. The highest BCUT2D eigenvalue weighted by Crippen LogP contribution is 2.23. The molecule has 2 rings (SSSR count). The Labute approximate surface area is 131 Å². The quantitative estimate of drug-likeness (QED) is 0.386. The van der Waals surface area contributed by atoms with Crippen molar-refractivity contribution in [2.45, 2.75) is 0 Å². The molecule has 0 aliphatic rings. The molecule has 2 aromatic carbocycles. The molecule has 118 valence electrons. The number of esters is 1. The highest BCUT2D eigenvalue weighted by atomic mass is 16.6. The van der Waals surface area contributed by atoms with Gasteiger partial charge in [0.2, 0.25) is 0 Å². The van der Waals surface area contributed by atoms with Gasteiger partial charge in [-0.3, -0.25) is 14.9 Å². The zero-order valence-electron chi connectivity index (χ0n) is 12.1. The first-order chi connectivity index (χ1) is 10.9. The van der Waals surface area contributed by atoms with Crippen molar-refractivity contribution in [3.8, 4) is 0 Å². The summed E-state index contributed by atoms with van der Waals surface area (Å²) in [5, 5.41) is 13.4. The van der Waals surface area contributed by atoms with Gasteiger partial charge in [-0.1, -0.05) is 0 Å². The average molecular weight is 315 g/mol. The Hall–Kier alpha value is -3.42. The maximum Gasteiger partial charge on any atom is 0.337 e. The Morgan fingerprint density at radius 2 is 1.74 bits per heavy atom. The molecule has 0 bridgehead atoms. The Kier molecular flexibility index (Phi) is 4.55. The summed E-state index contributed by atoms with van der Waals surface area (Å²) >= 11 is 0. The van der Waals surface area contributed by atoms with Crippen LogP contribution in [0.2, 0.25) is 0 Å². The number of hydrogen-bond donors (Lipinski definition) is 2. The molecule has 2 aromatic rings. The predicted octanol–water partition coefficient (Wildman–Crippen LogP) is 2.22. The van der Waals surface area contributed by atoms with E-state index < -0.39 is 16.8 Å². The second kappa shape index (κ2) is 6.56. The number of amides is 1. The molecule has 8 heteroatoms. The van der Waals surface area contributed by atoms with Crippen molar-refractivity contribution < 1.29 is 19.2 Å². The first-order valence-corrected chi connectivity index (χ1v) is 6.46. The lowest BCUT2D eigenvalue weighted by atomic mass is 10.1. The van der Waals surface area contributed by atoms with Gasteiger partial charge in [0.05, 0.1) is 17.6 Å². The molecule has 0 aromatic heterocycles. The summed E-state index contributed by atoms with van der Waals surface area (Å²) in [6.45, 7) is 0. The molecule has 0 heterocycles. The number of ether oxygens (including phenoxy) is 1. The van der Waals surface area contributed by atoms with Crippen LogP contribution >= 0.6 is 0 Å². The van der Waals surface area contributed by atoms with Gasteiger partial charge in [0.15, 0.2) is 0 Å². The van der Waals surface area contributed by atoms with E-state index in [1.807, 2.05) is 0 Å². The minimum atomic E-state index is -0.655. The number of methoxy groups -OCH3 is 1. The minimum Gasteiger partial charge on any atom is -0.465 e. The fourth-order valence-electron chi connectivity index (χ4n) is 1.85. The van der Waals surface area contributed by atoms with E-state index in [4.69, 9.17) is 5.73 Å². The van der Waals surface area contributed by atoms with Crippen molar-refractivity contribution in [1.82, 2.24) is 0 Å². The minimum absolute atomic E-state index is 0.0195. The molecular formula is C15H13N3O5. The zero-order valence-corrected chi connectivity index (χ0v) is 12.1. The van der Waals surface area contributed by atoms with E-state index in [-0.39, 0.29) is 16.9 Å². The molecule has 23 heavy (non-hydrogen) atoms. The van der Waals surface area contributed by atoms with Gasteiger partial charge in [0.1, 0.15) is 5.69 Å². The number of anilines is 2. The lowest BCUT2D eigenvalue weighted by Crippen LogP contribution is -2.12. The summed E-state index contributed by atoms with van der Waals surface area (Å²) < 4.78 is 4.57. The lowest BCUT2D eigenvalue weighted by molar-refractivity contribution is -0.383. The van der Waals surface area contributed by atoms with Crippen LogP contribution in [0.15, 0.2) is 42.5 Å². The number of carbonyl (C=O) groups excluding carboxylic acids is 2. The lowest BCUT2D eigenvalue weighted by Gasteiger charge is -2.07. The van der Waals surface area contributed by atoms with E-state index in [0.29, 0.717) is 11.3 Å². The van der Waals surface area contributed by atoms with Crippen LogP contribution < -0.4 is 11.1 Å². The van der Waals surface area contributed by atoms with Gasteiger partial charge in [-0.15, -0.1) is 0 Å². The summed E-state index contributed by atoms with van der Waals surface area (Å²) in [4.78, 5) is 33.6. The van der Waals surface area contributed by atoms with Crippen LogP contribution in [-0.2, 0) is 4.74 Å². The van der Waals surface area contributed by atoms with Gasteiger partial charge in [-0.25, -0.2) is 4.79 Å². The van der Waals surface area contributed by atoms with Gasteiger partial charge < -0.3 is 15.8 Å². The summed E-state index contributed by atoms with van der Waals surface area (Å²) in [6, 6.07) is 9.83. The van der Waals surface area contributed by atoms with Crippen LogP contribution in [0.3, 0.4) is 0 Å². The molecular weight excluding hydrogens is 302 g/mol. The number of nitro benzene ring substituents is 1. The molecule has 0 unspecified atom stereocenters. The second-order valence-corrected chi connectivity index (χ2v) is 4.55. The van der Waals surface area contributed by atoms with E-state index in [1.165, 1.54) is 43.5 Å². The largest absolute Gasteiger partial charge is 0.465 e. The average Bonchev–Trinajstić information content (AvgIpc) is 2.54. The van der Waals surface area contributed by atoms with Gasteiger partial charge in [0, 0.05) is 17.3 Å². The molecule has 0 fully saturated rings. The molecule has 0 aliphatic carbocycles. The number of nitrogens with zero attached hydrogens (tertiary/aromatic N) is 1. The third-order valence-corrected chi connectivity index (χ3v) is 3.05. The van der Waals surface area contributed by atoms with Crippen LogP contribution in [0, 0.1) is 10.1 Å². The SMILES string of the molecule is COC(=O)c1ccc(NC(=O)c2ccc(N)c([N+](=O)[O-])c2)cc1. The Morgan fingerprint density at radius 1 is 1.13 bits per heavy atom. The highest BCUT2D eigenvalue weighted by molar-refractivity contribution is 6.05. The molecule has 0 aliphatic heterocycles. The van der Waals surface area contributed by atoms with Gasteiger partial charge >= 0.3 is 5.97 Å². The van der Waals surface area contributed by atoms with Crippen LogP contribution in [0.25, 0.3) is 0 Å². The summed E-state index contributed by atoms with van der Waals surface area (Å²) in [6.07, 6.45) is 0. The first-order valence-electron chi connectivity index (χ1n) is 6.46. The Balaban J connectivity index is 2.17. The van der Waals surface area contributed by atoms with Crippen LogP contribution in [0.4, 0.5) is 17.1 Å². The zero-order chi connectivity index (χ0) is 17.0. The monoisotopic (exact) mass is 315 g/mol. The number of nitrogens with one attached hydrogen (secondary N) is 1. The van der Waals surface area contributed by atoms with Crippen molar-refractivity contribution >= 4 is 28.9 Å². The van der Waals surface area contributed by atoms with Crippen molar-refractivity contribution in [1.29, 1.82) is 0 Å². The highest BCUT2D eigenvalue weighted by Gasteiger charge is 2.16. The molecule has 3 N–H and O–H groups in total. The van der Waals surface area contributed by atoms with E-state index >= 15 is 0 Å². The first kappa shape index (κ1) is 16.0. The normalized spacial score (nSPS) is 9.96. The van der Waals surface area contributed by atoms with E-state index in [1.54, 1.807) is 0 Å². The number of hydrogen-bond acceptors (Lipinski definition) is 6. The third-order valence-electron chi connectivity index (χ3n) is 3.05. The third kappa shape index (κ3) is 3.62. The smallest absolute Gasteiger partial charge is 0.337 e. The summed E-state index contributed by atoms with van der Waals surface area (Å²) in [5.74, 6) is -1.02. The molecule has 0 saturated carbocycles. The van der Waals surface area contributed by atoms with Crippen LogP contribution in [0.5, 0.6) is 0 Å². The number of nitrogens with two attached hydrogens (primary N) is 1. The van der Waals surface area contributed by atoms with Crippen molar-refractivity contribution in [3.63, 3.8) is 0 Å². The van der Waals surface area contributed by atoms with E-state index in [2.05, 4.69) is 10.1 Å². The van der Waals surface area contributed by atoms with Crippen molar-refractivity contribution in [2.75, 3.05) is 18.2 Å². The molecule has 1 amide bonds. The summed E-state index contributed by atoms with van der Waals surface area (Å²) in [5.41, 5.74) is 6.00. The van der Waals surface area contributed by atoms with E-state index in [9.17, 15) is 19.7 Å². The molecule has 0 saturated heterocycles. The van der Waals surface area contributed by atoms with E-state index in [0.717, 1.165) is 6.07 Å². The number of rotatable bonds is 4. The van der Waals surface area contributed by atoms with Gasteiger partial charge in [-0.05, 0) is 36.4 Å². The molecule has 0 radical (unpaired) electrons. The standard InChI is InChI=1S/C15H13N3O5/c1-23-15(20)9-2-5-11(6-3-9)17-14(19)10-4-7-12(16)13(8-10)18(21)22/h2-8H,16H2,1H3,(H,17,19). The number of nitro groups is 1. The maximum atomic E-state index is 12.1. The second-order valence-electron chi connectivity index (χ2n) is 4.55. The number of benzene rings is 2. The van der Waals surface area contributed by atoms with Crippen molar-refractivity contribution in [2.24, 2.45) is 0 Å².